The van der Waals surface area contributed by atoms with Gasteiger partial charge in [0.1, 0.15) is 5.82 Å². The number of rotatable bonds is 4. The molecule has 1 aromatic carbocycles. The van der Waals surface area contributed by atoms with Gasteiger partial charge in [-0.25, -0.2) is 4.39 Å². The third kappa shape index (κ3) is 3.75. The van der Waals surface area contributed by atoms with Gasteiger partial charge in [-0.3, -0.25) is 0 Å². The van der Waals surface area contributed by atoms with Crippen molar-refractivity contribution < 1.29 is 4.39 Å². The van der Waals surface area contributed by atoms with Crippen LogP contribution in [0.15, 0.2) is 24.3 Å². The molecule has 2 N–H and O–H groups in total. The zero-order valence-electron chi connectivity index (χ0n) is 11.8. The van der Waals surface area contributed by atoms with Gasteiger partial charge in [-0.1, -0.05) is 18.2 Å². The zero-order chi connectivity index (χ0) is 13.8. The number of likely N-dealkylation sites (N-methyl/N-ethyl adjacent to an activating group) is 1. The lowest BCUT2D eigenvalue weighted by Gasteiger charge is -2.36. The van der Waals surface area contributed by atoms with Gasteiger partial charge >= 0.3 is 0 Å². The molecule has 19 heavy (non-hydrogen) atoms. The van der Waals surface area contributed by atoms with Crippen LogP contribution in [0.5, 0.6) is 0 Å². The van der Waals surface area contributed by atoms with E-state index < -0.39 is 0 Å². The first kappa shape index (κ1) is 14.4. The lowest BCUT2D eigenvalue weighted by atomic mass is 10.0. The molecule has 1 heterocycles. The van der Waals surface area contributed by atoms with E-state index in [1.54, 1.807) is 12.1 Å². The summed E-state index contributed by atoms with van der Waals surface area (Å²) < 4.78 is 13.7. The Morgan fingerprint density at radius 3 is 2.63 bits per heavy atom. The maximum atomic E-state index is 13.7. The summed E-state index contributed by atoms with van der Waals surface area (Å²) in [4.78, 5) is 4.63. The van der Waals surface area contributed by atoms with E-state index in [1.807, 2.05) is 6.07 Å². The lowest BCUT2D eigenvalue weighted by Crippen LogP contribution is -2.44. The first-order valence-corrected chi connectivity index (χ1v) is 6.96. The van der Waals surface area contributed by atoms with Crippen LogP contribution in [0.2, 0.25) is 0 Å². The summed E-state index contributed by atoms with van der Waals surface area (Å²) in [5, 5.41) is 0. The number of likely N-dealkylation sites (tertiary alicyclic amines) is 1. The van der Waals surface area contributed by atoms with Crippen molar-refractivity contribution in [3.63, 3.8) is 0 Å². The molecule has 1 aromatic rings. The molecular formula is C15H24FN3. The van der Waals surface area contributed by atoms with E-state index in [0.717, 1.165) is 25.9 Å². The monoisotopic (exact) mass is 265 g/mol. The zero-order valence-corrected chi connectivity index (χ0v) is 11.8. The van der Waals surface area contributed by atoms with E-state index in [2.05, 4.69) is 23.9 Å². The van der Waals surface area contributed by atoms with Crippen molar-refractivity contribution in [3.8, 4) is 0 Å². The van der Waals surface area contributed by atoms with E-state index in [9.17, 15) is 4.39 Å². The van der Waals surface area contributed by atoms with E-state index in [-0.39, 0.29) is 11.9 Å². The molecule has 1 unspecified atom stereocenters. The number of nitrogens with zero attached hydrogens (tertiary/aromatic N) is 2. The second kappa shape index (κ2) is 6.46. The predicted octanol–water partition coefficient (Wildman–Crippen LogP) is 1.85. The summed E-state index contributed by atoms with van der Waals surface area (Å²) in [6, 6.07) is 7.10. The first-order valence-electron chi connectivity index (χ1n) is 6.96. The summed E-state index contributed by atoms with van der Waals surface area (Å²) in [6.45, 7) is 2.96. The topological polar surface area (TPSA) is 32.5 Å². The first-order chi connectivity index (χ1) is 9.08. The van der Waals surface area contributed by atoms with Crippen molar-refractivity contribution in [2.45, 2.75) is 24.9 Å². The van der Waals surface area contributed by atoms with Crippen molar-refractivity contribution in [2.24, 2.45) is 5.73 Å². The van der Waals surface area contributed by atoms with Crippen molar-refractivity contribution in [3.05, 3.63) is 35.6 Å². The maximum absolute atomic E-state index is 13.7. The van der Waals surface area contributed by atoms with Crippen LogP contribution in [0.25, 0.3) is 0 Å². The summed E-state index contributed by atoms with van der Waals surface area (Å²) in [6.07, 6.45) is 2.33. The fourth-order valence-corrected chi connectivity index (χ4v) is 2.77. The highest BCUT2D eigenvalue weighted by Gasteiger charge is 2.22. The molecule has 1 aliphatic heterocycles. The summed E-state index contributed by atoms with van der Waals surface area (Å²) in [7, 11) is 4.25. The van der Waals surface area contributed by atoms with Gasteiger partial charge in [0.2, 0.25) is 0 Å². The Labute approximate surface area is 115 Å². The van der Waals surface area contributed by atoms with Crippen LogP contribution in [0, 0.1) is 5.82 Å². The molecular weight excluding hydrogens is 241 g/mol. The number of hydrogen-bond donors (Lipinski definition) is 1. The van der Waals surface area contributed by atoms with Gasteiger partial charge in [0.15, 0.2) is 0 Å². The number of hydrogen-bond acceptors (Lipinski definition) is 3. The SMILES string of the molecule is CN1CCC(N(C)CC(N)c2ccccc2F)CC1. The van der Waals surface area contributed by atoms with Crippen molar-refractivity contribution in [1.82, 2.24) is 9.80 Å². The minimum Gasteiger partial charge on any atom is -0.323 e. The van der Waals surface area contributed by atoms with E-state index in [1.165, 1.54) is 6.07 Å². The second-order valence-corrected chi connectivity index (χ2v) is 5.60. The average Bonchev–Trinajstić information content (AvgIpc) is 2.39. The number of benzene rings is 1. The van der Waals surface area contributed by atoms with Crippen LogP contribution in [0.3, 0.4) is 0 Å². The third-order valence-electron chi connectivity index (χ3n) is 4.10. The molecule has 4 heteroatoms. The Bertz CT molecular complexity index is 402. The van der Waals surface area contributed by atoms with Gasteiger partial charge in [0.05, 0.1) is 0 Å². The summed E-state index contributed by atoms with van der Waals surface area (Å²) in [5.74, 6) is -0.202. The molecule has 1 fully saturated rings. The number of nitrogens with two attached hydrogens (primary N) is 1. The fraction of sp³-hybridized carbons (Fsp3) is 0.600. The van der Waals surface area contributed by atoms with Crippen LogP contribution < -0.4 is 5.73 Å². The molecule has 0 bridgehead atoms. The minimum atomic E-state index is -0.258. The third-order valence-corrected chi connectivity index (χ3v) is 4.10. The standard InChI is InChI=1S/C15H24FN3/c1-18-9-7-12(8-10-18)19(2)11-15(17)13-5-3-4-6-14(13)16/h3-6,12,15H,7-11,17H2,1-2H3. The molecule has 106 valence electrons. The molecule has 1 aliphatic rings. The van der Waals surface area contributed by atoms with Gasteiger partial charge in [-0.05, 0) is 46.1 Å². The number of piperidine rings is 1. The van der Waals surface area contributed by atoms with Crippen LogP contribution in [-0.4, -0.2) is 49.6 Å². The van der Waals surface area contributed by atoms with Gasteiger partial charge in [-0.2, -0.15) is 0 Å². The Balaban J connectivity index is 1.91. The highest BCUT2D eigenvalue weighted by atomic mass is 19.1. The Morgan fingerprint density at radius 1 is 1.37 bits per heavy atom. The Hall–Kier alpha value is -0.970. The summed E-state index contributed by atoms with van der Waals surface area (Å²) >= 11 is 0. The van der Waals surface area contributed by atoms with Crippen molar-refractivity contribution in [2.75, 3.05) is 33.7 Å². The number of halogens is 1. The molecule has 1 atom stereocenters. The molecule has 2 rings (SSSR count). The average molecular weight is 265 g/mol. The van der Waals surface area contributed by atoms with Crippen LogP contribution >= 0.6 is 0 Å². The van der Waals surface area contributed by atoms with Gasteiger partial charge in [0.25, 0.3) is 0 Å². The molecule has 3 nitrogen and oxygen atoms in total. The quantitative estimate of drug-likeness (QED) is 0.902. The molecule has 0 aromatic heterocycles. The highest BCUT2D eigenvalue weighted by Crippen LogP contribution is 2.19. The molecule has 0 aliphatic carbocycles. The van der Waals surface area contributed by atoms with Gasteiger partial charge < -0.3 is 15.5 Å². The molecule has 0 saturated carbocycles. The maximum Gasteiger partial charge on any atom is 0.128 e. The van der Waals surface area contributed by atoms with E-state index >= 15 is 0 Å². The molecule has 0 amide bonds. The highest BCUT2D eigenvalue weighted by molar-refractivity contribution is 5.21. The lowest BCUT2D eigenvalue weighted by molar-refractivity contribution is 0.138. The van der Waals surface area contributed by atoms with E-state index in [4.69, 9.17) is 5.73 Å². The van der Waals surface area contributed by atoms with Crippen molar-refractivity contribution in [1.29, 1.82) is 0 Å². The second-order valence-electron chi connectivity index (χ2n) is 5.60. The molecule has 1 saturated heterocycles. The normalized spacial score (nSPS) is 19.8. The van der Waals surface area contributed by atoms with Crippen LogP contribution in [0.1, 0.15) is 24.4 Å². The largest absolute Gasteiger partial charge is 0.323 e. The van der Waals surface area contributed by atoms with E-state index in [0.29, 0.717) is 18.2 Å². The molecule has 0 spiro atoms. The summed E-state index contributed by atoms with van der Waals surface area (Å²) in [5.41, 5.74) is 6.75. The van der Waals surface area contributed by atoms with Crippen LogP contribution in [-0.2, 0) is 0 Å². The predicted molar refractivity (Wildman–Crippen MR) is 76.5 cm³/mol. The molecule has 0 radical (unpaired) electrons. The van der Waals surface area contributed by atoms with Crippen molar-refractivity contribution >= 4 is 0 Å². The van der Waals surface area contributed by atoms with Crippen LogP contribution in [0.4, 0.5) is 4.39 Å². The Morgan fingerprint density at radius 2 is 2.00 bits per heavy atom. The fourth-order valence-electron chi connectivity index (χ4n) is 2.77. The van der Waals surface area contributed by atoms with Gasteiger partial charge in [-0.15, -0.1) is 0 Å². The Kier molecular flexibility index (Phi) is 4.91. The minimum absolute atomic E-state index is 0.202. The van der Waals surface area contributed by atoms with Gasteiger partial charge in [0, 0.05) is 24.2 Å². The smallest absolute Gasteiger partial charge is 0.128 e.